The van der Waals surface area contributed by atoms with Crippen molar-refractivity contribution in [2.45, 2.75) is 6.61 Å². The normalized spacial score (nSPS) is 10.7. The highest BCUT2D eigenvalue weighted by Crippen LogP contribution is 2.23. The third-order valence-corrected chi connectivity index (χ3v) is 3.51. The summed E-state index contributed by atoms with van der Waals surface area (Å²) >= 11 is 0. The molecule has 3 aromatic rings. The van der Waals surface area contributed by atoms with Gasteiger partial charge in [0.25, 0.3) is 0 Å². The summed E-state index contributed by atoms with van der Waals surface area (Å²) in [5.74, 6) is 0.354. The van der Waals surface area contributed by atoms with E-state index < -0.39 is 0 Å². The summed E-state index contributed by atoms with van der Waals surface area (Å²) in [5.41, 5.74) is 2.14. The monoisotopic (exact) mass is 310 g/mol. The van der Waals surface area contributed by atoms with Gasteiger partial charge in [0, 0.05) is 38.3 Å². The Morgan fingerprint density at radius 3 is 2.78 bits per heavy atom. The summed E-state index contributed by atoms with van der Waals surface area (Å²) in [6.45, 7) is 0.195. The van der Waals surface area contributed by atoms with Gasteiger partial charge in [0.1, 0.15) is 12.4 Å². The molecule has 0 aliphatic carbocycles. The fourth-order valence-corrected chi connectivity index (χ4v) is 2.33. The molecule has 118 valence electrons. The summed E-state index contributed by atoms with van der Waals surface area (Å²) in [7, 11) is 5.61. The lowest BCUT2D eigenvalue weighted by molar-refractivity contribution is 0.0475. The molecule has 2 heterocycles. The molecule has 0 fully saturated rings. The lowest BCUT2D eigenvalue weighted by Crippen LogP contribution is -2.13. The van der Waals surface area contributed by atoms with Gasteiger partial charge in [-0.15, -0.1) is 0 Å². The summed E-state index contributed by atoms with van der Waals surface area (Å²) in [6, 6.07) is 9.31. The van der Waals surface area contributed by atoms with Crippen LogP contribution in [0.5, 0.6) is 0 Å². The molecule has 23 heavy (non-hydrogen) atoms. The minimum atomic E-state index is -0.365. The maximum atomic E-state index is 12.5. The van der Waals surface area contributed by atoms with Crippen LogP contribution in [0.15, 0.2) is 42.7 Å². The van der Waals surface area contributed by atoms with Gasteiger partial charge in [0.2, 0.25) is 0 Å². The molecule has 0 aliphatic heterocycles. The average Bonchev–Trinajstić information content (AvgIpc) is 2.97. The van der Waals surface area contributed by atoms with E-state index in [4.69, 9.17) is 4.74 Å². The van der Waals surface area contributed by atoms with E-state index in [1.807, 2.05) is 56.5 Å². The summed E-state index contributed by atoms with van der Waals surface area (Å²) in [6.07, 6.45) is 3.51. The highest BCUT2D eigenvalue weighted by molar-refractivity contribution is 6.04. The third-order valence-electron chi connectivity index (χ3n) is 3.51. The maximum Gasteiger partial charge on any atom is 0.339 e. The Bertz CT molecular complexity index is 855. The van der Waals surface area contributed by atoms with Crippen molar-refractivity contribution in [1.82, 2.24) is 14.8 Å². The van der Waals surface area contributed by atoms with Crippen LogP contribution in [0.4, 0.5) is 5.82 Å². The lowest BCUT2D eigenvalue weighted by atomic mass is 10.1. The number of carbonyl (C=O) groups excluding carboxylic acids is 1. The molecule has 0 amide bonds. The number of benzene rings is 1. The molecule has 6 nitrogen and oxygen atoms in total. The molecular weight excluding hydrogens is 292 g/mol. The van der Waals surface area contributed by atoms with E-state index >= 15 is 0 Å². The van der Waals surface area contributed by atoms with Gasteiger partial charge in [0.05, 0.1) is 17.3 Å². The van der Waals surface area contributed by atoms with Gasteiger partial charge in [0.15, 0.2) is 0 Å². The molecule has 1 aromatic carbocycles. The largest absolute Gasteiger partial charge is 0.457 e. The quantitative estimate of drug-likeness (QED) is 0.693. The van der Waals surface area contributed by atoms with Crippen molar-refractivity contribution in [2.75, 3.05) is 19.0 Å². The van der Waals surface area contributed by atoms with E-state index in [0.29, 0.717) is 5.56 Å². The van der Waals surface area contributed by atoms with Crippen LogP contribution in [0, 0.1) is 0 Å². The number of rotatable bonds is 4. The first-order valence-corrected chi connectivity index (χ1v) is 7.26. The molecule has 3 rings (SSSR count). The topological polar surface area (TPSA) is 60.3 Å². The first-order valence-electron chi connectivity index (χ1n) is 7.26. The molecule has 2 aromatic heterocycles. The molecule has 0 unspecified atom stereocenters. The average molecular weight is 310 g/mol. The Hall–Kier alpha value is -2.89. The number of ether oxygens (including phenoxy) is 1. The third kappa shape index (κ3) is 3.15. The zero-order chi connectivity index (χ0) is 16.4. The number of para-hydroxylation sites is 1. The van der Waals surface area contributed by atoms with E-state index in [9.17, 15) is 4.79 Å². The van der Waals surface area contributed by atoms with Crippen LogP contribution in [0.3, 0.4) is 0 Å². The summed E-state index contributed by atoms with van der Waals surface area (Å²) in [5, 5.41) is 4.85. The predicted molar refractivity (Wildman–Crippen MR) is 88.4 cm³/mol. The lowest BCUT2D eigenvalue weighted by Gasteiger charge is -2.14. The van der Waals surface area contributed by atoms with Crippen LogP contribution in [-0.2, 0) is 18.4 Å². The van der Waals surface area contributed by atoms with Crippen LogP contribution >= 0.6 is 0 Å². The van der Waals surface area contributed by atoms with E-state index in [0.717, 1.165) is 22.3 Å². The van der Waals surface area contributed by atoms with Crippen LogP contribution in [0.25, 0.3) is 10.9 Å². The van der Waals surface area contributed by atoms with Crippen molar-refractivity contribution in [3.8, 4) is 0 Å². The summed E-state index contributed by atoms with van der Waals surface area (Å²) in [4.78, 5) is 18.9. The van der Waals surface area contributed by atoms with E-state index in [2.05, 4.69) is 10.1 Å². The Morgan fingerprint density at radius 1 is 1.30 bits per heavy atom. The smallest absolute Gasteiger partial charge is 0.339 e. The highest BCUT2D eigenvalue weighted by atomic mass is 16.5. The number of hydrogen-bond donors (Lipinski definition) is 0. The second-order valence-electron chi connectivity index (χ2n) is 5.54. The SMILES string of the molecule is CN(C)c1cc(C(=O)OCc2cnn(C)c2)c2ccccc2n1. The standard InChI is InChI=1S/C17H18N4O2/c1-20(2)16-8-14(13-6-4-5-7-15(13)19-16)17(22)23-11-12-9-18-21(3)10-12/h4-10H,11H2,1-3H3. The maximum absolute atomic E-state index is 12.5. The van der Waals surface area contributed by atoms with Crippen LogP contribution < -0.4 is 4.90 Å². The van der Waals surface area contributed by atoms with Gasteiger partial charge in [-0.1, -0.05) is 18.2 Å². The molecule has 0 bridgehead atoms. The van der Waals surface area contributed by atoms with Gasteiger partial charge in [-0.25, -0.2) is 9.78 Å². The predicted octanol–water partition coefficient (Wildman–Crippen LogP) is 2.39. The summed E-state index contributed by atoms with van der Waals surface area (Å²) < 4.78 is 7.11. The highest BCUT2D eigenvalue weighted by Gasteiger charge is 2.15. The second-order valence-corrected chi connectivity index (χ2v) is 5.54. The van der Waals surface area contributed by atoms with Crippen molar-refractivity contribution in [2.24, 2.45) is 7.05 Å². The molecule has 0 N–H and O–H groups in total. The van der Waals surface area contributed by atoms with Gasteiger partial charge < -0.3 is 9.64 Å². The van der Waals surface area contributed by atoms with Crippen molar-refractivity contribution in [3.63, 3.8) is 0 Å². The van der Waals surface area contributed by atoms with Gasteiger partial charge in [-0.3, -0.25) is 4.68 Å². The van der Waals surface area contributed by atoms with E-state index in [1.54, 1.807) is 16.9 Å². The number of aryl methyl sites for hydroxylation is 1. The van der Waals surface area contributed by atoms with Crippen molar-refractivity contribution >= 4 is 22.7 Å². The van der Waals surface area contributed by atoms with Crippen molar-refractivity contribution < 1.29 is 9.53 Å². The minimum Gasteiger partial charge on any atom is -0.457 e. The second kappa shape index (κ2) is 6.08. The van der Waals surface area contributed by atoms with E-state index in [1.165, 1.54) is 0 Å². The zero-order valence-corrected chi connectivity index (χ0v) is 13.4. The van der Waals surface area contributed by atoms with Crippen LogP contribution in [-0.4, -0.2) is 34.8 Å². The minimum absolute atomic E-state index is 0.195. The molecule has 0 saturated heterocycles. The first-order chi connectivity index (χ1) is 11.0. The van der Waals surface area contributed by atoms with Crippen LogP contribution in [0.2, 0.25) is 0 Å². The Morgan fingerprint density at radius 2 is 2.09 bits per heavy atom. The molecule has 0 saturated carbocycles. The van der Waals surface area contributed by atoms with E-state index in [-0.39, 0.29) is 12.6 Å². The number of nitrogens with zero attached hydrogens (tertiary/aromatic N) is 4. The van der Waals surface area contributed by atoms with Gasteiger partial charge in [-0.2, -0.15) is 5.10 Å². The number of hydrogen-bond acceptors (Lipinski definition) is 5. The molecule has 0 atom stereocenters. The molecule has 6 heteroatoms. The number of carbonyl (C=O) groups is 1. The molecular formula is C17H18N4O2. The Kier molecular flexibility index (Phi) is 3.97. The number of pyridine rings is 1. The first kappa shape index (κ1) is 15.0. The van der Waals surface area contributed by atoms with Crippen LogP contribution in [0.1, 0.15) is 15.9 Å². The number of aromatic nitrogens is 3. The van der Waals surface area contributed by atoms with Crippen molar-refractivity contribution in [3.05, 3.63) is 53.9 Å². The van der Waals surface area contributed by atoms with Gasteiger partial charge in [-0.05, 0) is 12.1 Å². The molecule has 0 aliphatic rings. The van der Waals surface area contributed by atoms with Crippen molar-refractivity contribution in [1.29, 1.82) is 0 Å². The Balaban J connectivity index is 1.92. The number of fused-ring (bicyclic) bond motifs is 1. The fourth-order valence-electron chi connectivity index (χ4n) is 2.33. The number of esters is 1. The number of anilines is 1. The van der Waals surface area contributed by atoms with Gasteiger partial charge >= 0.3 is 5.97 Å². The molecule has 0 spiro atoms. The molecule has 0 radical (unpaired) electrons. The zero-order valence-electron chi connectivity index (χ0n) is 13.4. The Labute approximate surface area is 134 Å². The fraction of sp³-hybridized carbons (Fsp3) is 0.235.